The Morgan fingerprint density at radius 3 is 2.69 bits per heavy atom. The molecule has 32 heavy (non-hydrogen) atoms. The first-order valence-corrected chi connectivity index (χ1v) is 11.0. The molecule has 0 amide bonds. The highest BCUT2D eigenvalue weighted by Gasteiger charge is 2.23. The monoisotopic (exact) mass is 446 g/mol. The van der Waals surface area contributed by atoms with Crippen LogP contribution >= 0.6 is 11.6 Å². The molecule has 0 saturated carbocycles. The highest BCUT2D eigenvalue weighted by Crippen LogP contribution is 2.34. The summed E-state index contributed by atoms with van der Waals surface area (Å²) in [6.45, 7) is 3.28. The number of morpholine rings is 1. The lowest BCUT2D eigenvalue weighted by atomic mass is 9.97. The van der Waals surface area contributed by atoms with E-state index in [1.165, 1.54) is 0 Å². The Labute approximate surface area is 191 Å². The average molecular weight is 447 g/mol. The SMILES string of the molecule is O=CC1NC=Cc2cc(-c3cccc(Cl)c3)nc(Nc3ccc(N4CCOCC4)cc3)c21. The minimum absolute atomic E-state index is 0.467. The first kappa shape index (κ1) is 20.5. The lowest BCUT2D eigenvalue weighted by molar-refractivity contribution is -0.109. The van der Waals surface area contributed by atoms with Crippen molar-refractivity contribution in [2.24, 2.45) is 0 Å². The van der Waals surface area contributed by atoms with E-state index in [1.807, 2.05) is 48.5 Å². The summed E-state index contributed by atoms with van der Waals surface area (Å²) < 4.78 is 5.44. The molecule has 1 atom stereocenters. The fourth-order valence-corrected chi connectivity index (χ4v) is 4.27. The van der Waals surface area contributed by atoms with Crippen molar-refractivity contribution < 1.29 is 9.53 Å². The molecule has 6 nitrogen and oxygen atoms in total. The second-order valence-electron chi connectivity index (χ2n) is 7.75. The van der Waals surface area contributed by atoms with Gasteiger partial charge in [0.25, 0.3) is 0 Å². The summed E-state index contributed by atoms with van der Waals surface area (Å²) in [5.41, 5.74) is 5.54. The van der Waals surface area contributed by atoms with E-state index in [-0.39, 0.29) is 0 Å². The predicted molar refractivity (Wildman–Crippen MR) is 128 cm³/mol. The topological polar surface area (TPSA) is 66.5 Å². The smallest absolute Gasteiger partial charge is 0.146 e. The molecule has 2 aliphatic heterocycles. The fourth-order valence-electron chi connectivity index (χ4n) is 4.08. The van der Waals surface area contributed by atoms with Crippen LogP contribution in [0.2, 0.25) is 5.02 Å². The van der Waals surface area contributed by atoms with Gasteiger partial charge >= 0.3 is 0 Å². The van der Waals surface area contributed by atoms with Crippen LogP contribution in [0.1, 0.15) is 17.2 Å². The molecular formula is C25H23ClN4O2. The van der Waals surface area contributed by atoms with Crippen LogP contribution in [-0.2, 0) is 9.53 Å². The number of fused-ring (bicyclic) bond motifs is 1. The number of rotatable bonds is 5. The minimum atomic E-state index is -0.467. The zero-order valence-electron chi connectivity index (χ0n) is 17.4. The summed E-state index contributed by atoms with van der Waals surface area (Å²) in [6.07, 6.45) is 4.65. The second kappa shape index (κ2) is 9.02. The highest BCUT2D eigenvalue weighted by atomic mass is 35.5. The largest absolute Gasteiger partial charge is 0.378 e. The van der Waals surface area contributed by atoms with Gasteiger partial charge < -0.3 is 25.1 Å². The lowest BCUT2D eigenvalue weighted by Gasteiger charge is -2.29. The van der Waals surface area contributed by atoms with Crippen molar-refractivity contribution in [3.63, 3.8) is 0 Å². The summed E-state index contributed by atoms with van der Waals surface area (Å²) >= 11 is 6.21. The third-order valence-electron chi connectivity index (χ3n) is 5.70. The maximum Gasteiger partial charge on any atom is 0.146 e. The summed E-state index contributed by atoms with van der Waals surface area (Å²) in [5.74, 6) is 0.644. The van der Waals surface area contributed by atoms with Gasteiger partial charge in [0.15, 0.2) is 0 Å². The van der Waals surface area contributed by atoms with Gasteiger partial charge in [0, 0.05) is 40.6 Å². The normalized spacial score (nSPS) is 17.4. The first-order chi connectivity index (χ1) is 15.7. The van der Waals surface area contributed by atoms with E-state index in [1.54, 1.807) is 6.20 Å². The molecule has 1 aromatic heterocycles. The molecule has 2 N–H and O–H groups in total. The number of benzene rings is 2. The van der Waals surface area contributed by atoms with Gasteiger partial charge in [0.2, 0.25) is 0 Å². The van der Waals surface area contributed by atoms with E-state index < -0.39 is 6.04 Å². The first-order valence-electron chi connectivity index (χ1n) is 10.6. The number of aldehydes is 1. The Bertz CT molecular complexity index is 1160. The van der Waals surface area contributed by atoms with E-state index in [0.29, 0.717) is 10.8 Å². The van der Waals surface area contributed by atoms with Gasteiger partial charge in [0.1, 0.15) is 18.1 Å². The van der Waals surface area contributed by atoms with Gasteiger partial charge in [-0.25, -0.2) is 4.98 Å². The number of carbonyl (C=O) groups is 1. The zero-order valence-corrected chi connectivity index (χ0v) is 18.2. The molecule has 1 unspecified atom stereocenters. The molecule has 0 aliphatic carbocycles. The van der Waals surface area contributed by atoms with E-state index in [0.717, 1.165) is 66.3 Å². The maximum atomic E-state index is 11.8. The van der Waals surface area contributed by atoms with Crippen molar-refractivity contribution in [1.29, 1.82) is 0 Å². The Hall–Kier alpha value is -3.35. The van der Waals surface area contributed by atoms with E-state index in [2.05, 4.69) is 27.7 Å². The Morgan fingerprint density at radius 2 is 1.94 bits per heavy atom. The van der Waals surface area contributed by atoms with Crippen molar-refractivity contribution in [2.75, 3.05) is 36.5 Å². The number of anilines is 3. The molecule has 0 spiro atoms. The molecular weight excluding hydrogens is 424 g/mol. The summed E-state index contributed by atoms with van der Waals surface area (Å²) in [4.78, 5) is 18.9. The van der Waals surface area contributed by atoms with Crippen LogP contribution in [0.5, 0.6) is 0 Å². The summed E-state index contributed by atoms with van der Waals surface area (Å²) in [6, 6.07) is 17.4. The van der Waals surface area contributed by atoms with Gasteiger partial charge in [-0.2, -0.15) is 0 Å². The Balaban J connectivity index is 1.51. The summed E-state index contributed by atoms with van der Waals surface area (Å²) in [7, 11) is 0. The number of nitrogens with zero attached hydrogens (tertiary/aromatic N) is 2. The Kier molecular flexibility index (Phi) is 5.79. The molecule has 0 radical (unpaired) electrons. The number of pyridine rings is 1. The van der Waals surface area contributed by atoms with Gasteiger partial charge in [-0.05, 0) is 60.3 Å². The van der Waals surface area contributed by atoms with Crippen molar-refractivity contribution in [3.8, 4) is 11.3 Å². The second-order valence-corrected chi connectivity index (χ2v) is 8.19. The third-order valence-corrected chi connectivity index (χ3v) is 5.94. The molecule has 5 rings (SSSR count). The predicted octanol–water partition coefficient (Wildman–Crippen LogP) is 4.80. The fraction of sp³-hybridized carbons (Fsp3) is 0.200. The number of halogens is 1. The quantitative estimate of drug-likeness (QED) is 0.549. The van der Waals surface area contributed by atoms with Crippen molar-refractivity contribution in [2.45, 2.75) is 6.04 Å². The molecule has 2 aliphatic rings. The van der Waals surface area contributed by atoms with Crippen LogP contribution in [0, 0.1) is 0 Å². The molecule has 1 saturated heterocycles. The standard InChI is InChI=1S/C25H23ClN4O2/c26-19-3-1-2-17(14-19)22-15-18-8-9-27-23(16-31)24(18)25(29-22)28-20-4-6-21(7-5-20)30-10-12-32-13-11-30/h1-9,14-16,23,27H,10-13H2,(H,28,29). The summed E-state index contributed by atoms with van der Waals surface area (Å²) in [5, 5.41) is 7.19. The van der Waals surface area contributed by atoms with E-state index in [9.17, 15) is 4.79 Å². The van der Waals surface area contributed by atoms with Crippen molar-refractivity contribution >= 4 is 41.2 Å². The molecule has 3 heterocycles. The number of nitrogens with one attached hydrogen (secondary N) is 2. The zero-order chi connectivity index (χ0) is 21.9. The van der Waals surface area contributed by atoms with Gasteiger partial charge in [-0.15, -0.1) is 0 Å². The van der Waals surface area contributed by atoms with Crippen molar-refractivity contribution in [3.05, 3.63) is 76.9 Å². The van der Waals surface area contributed by atoms with Gasteiger partial charge in [-0.3, -0.25) is 0 Å². The number of ether oxygens (including phenoxy) is 1. The van der Waals surface area contributed by atoms with Crippen LogP contribution in [0.3, 0.4) is 0 Å². The van der Waals surface area contributed by atoms with Crippen LogP contribution in [0.4, 0.5) is 17.2 Å². The molecule has 0 bridgehead atoms. The number of carbonyl (C=O) groups excluding carboxylic acids is 1. The van der Waals surface area contributed by atoms with E-state index in [4.69, 9.17) is 21.3 Å². The van der Waals surface area contributed by atoms with Crippen LogP contribution in [0.25, 0.3) is 17.3 Å². The van der Waals surface area contributed by atoms with Crippen molar-refractivity contribution in [1.82, 2.24) is 10.3 Å². The average Bonchev–Trinajstić information content (AvgIpc) is 2.84. The number of hydrogen-bond acceptors (Lipinski definition) is 6. The molecule has 1 fully saturated rings. The molecule has 7 heteroatoms. The molecule has 162 valence electrons. The van der Waals surface area contributed by atoms with Gasteiger partial charge in [-0.1, -0.05) is 23.7 Å². The third kappa shape index (κ3) is 4.20. The molecule has 3 aromatic rings. The number of aromatic nitrogens is 1. The maximum absolute atomic E-state index is 11.8. The Morgan fingerprint density at radius 1 is 1.12 bits per heavy atom. The van der Waals surface area contributed by atoms with Crippen LogP contribution in [-0.4, -0.2) is 37.6 Å². The van der Waals surface area contributed by atoms with Crippen LogP contribution < -0.4 is 15.5 Å². The molecule has 2 aromatic carbocycles. The minimum Gasteiger partial charge on any atom is -0.378 e. The lowest BCUT2D eigenvalue weighted by Crippen LogP contribution is -2.36. The number of hydrogen-bond donors (Lipinski definition) is 2. The van der Waals surface area contributed by atoms with Crippen LogP contribution in [0.15, 0.2) is 60.8 Å². The van der Waals surface area contributed by atoms with E-state index >= 15 is 0 Å². The van der Waals surface area contributed by atoms with Gasteiger partial charge in [0.05, 0.1) is 18.9 Å². The highest BCUT2D eigenvalue weighted by molar-refractivity contribution is 6.30.